The molecule has 1 N–H and O–H groups in total. The lowest BCUT2D eigenvalue weighted by Crippen LogP contribution is -2.30. The van der Waals surface area contributed by atoms with Crippen LogP contribution in [0.1, 0.15) is 35.5 Å². The molecule has 0 fully saturated rings. The summed E-state index contributed by atoms with van der Waals surface area (Å²) < 4.78 is 0. The van der Waals surface area contributed by atoms with Gasteiger partial charge in [-0.15, -0.1) is 11.3 Å². The number of aryl methyl sites for hydroxylation is 1. The second-order valence-corrected chi connectivity index (χ2v) is 6.50. The topological polar surface area (TPSA) is 28.2 Å². The highest BCUT2D eigenvalue weighted by atomic mass is 32.1. The highest BCUT2D eigenvalue weighted by Crippen LogP contribution is 2.30. The first-order valence-corrected chi connectivity index (χ1v) is 8.64. The molecule has 0 radical (unpaired) electrons. The van der Waals surface area contributed by atoms with Gasteiger partial charge in [0.15, 0.2) is 5.13 Å². The summed E-state index contributed by atoms with van der Waals surface area (Å²) in [7, 11) is 0. The summed E-state index contributed by atoms with van der Waals surface area (Å²) in [6.07, 6.45) is 2.14. The molecule has 3 rings (SSSR count). The fraction of sp³-hybridized carbons (Fsp3) is 0.471. The molecule has 0 amide bonds. The van der Waals surface area contributed by atoms with Crippen LogP contribution in [0.5, 0.6) is 0 Å². The number of aromatic nitrogens is 1. The first kappa shape index (κ1) is 14.5. The standard InChI is InChI=1S/C17H23N3S/c1-3-15-16(11-18-4-2)21-17(19-15)20-10-9-13-7-5-6-8-14(13)12-20/h5-8,18H,3-4,9-12H2,1-2H3. The minimum absolute atomic E-state index is 0.946. The zero-order valence-corrected chi connectivity index (χ0v) is 13.7. The van der Waals surface area contributed by atoms with Gasteiger partial charge in [0, 0.05) is 24.5 Å². The number of nitrogens with one attached hydrogen (secondary N) is 1. The SMILES string of the molecule is CCNCc1sc(N2CCc3ccccc3C2)nc1CC. The number of fused-ring (bicyclic) bond motifs is 1. The molecule has 21 heavy (non-hydrogen) atoms. The minimum Gasteiger partial charge on any atom is -0.343 e. The Hall–Kier alpha value is -1.39. The molecule has 1 aromatic heterocycles. The lowest BCUT2D eigenvalue weighted by atomic mass is 10.0. The van der Waals surface area contributed by atoms with E-state index in [4.69, 9.17) is 4.98 Å². The second-order valence-electron chi connectivity index (χ2n) is 5.44. The van der Waals surface area contributed by atoms with Gasteiger partial charge in [0.2, 0.25) is 0 Å². The predicted molar refractivity (Wildman–Crippen MR) is 90.1 cm³/mol. The smallest absolute Gasteiger partial charge is 0.186 e. The van der Waals surface area contributed by atoms with Crippen molar-refractivity contribution < 1.29 is 0 Å². The Morgan fingerprint density at radius 1 is 1.24 bits per heavy atom. The average molecular weight is 301 g/mol. The molecule has 0 unspecified atom stereocenters. The van der Waals surface area contributed by atoms with Crippen molar-refractivity contribution in [1.29, 1.82) is 0 Å². The maximum Gasteiger partial charge on any atom is 0.186 e. The van der Waals surface area contributed by atoms with Gasteiger partial charge in [0.1, 0.15) is 0 Å². The number of rotatable bonds is 5. The summed E-state index contributed by atoms with van der Waals surface area (Å²) in [6.45, 7) is 8.37. The van der Waals surface area contributed by atoms with Gasteiger partial charge in [-0.25, -0.2) is 4.98 Å². The fourth-order valence-electron chi connectivity index (χ4n) is 2.82. The molecule has 2 heterocycles. The first-order chi connectivity index (χ1) is 10.3. The van der Waals surface area contributed by atoms with Crippen LogP contribution in [0.25, 0.3) is 0 Å². The molecule has 0 saturated heterocycles. The largest absolute Gasteiger partial charge is 0.343 e. The molecule has 0 aliphatic carbocycles. The number of nitrogens with zero attached hydrogens (tertiary/aromatic N) is 2. The van der Waals surface area contributed by atoms with Crippen molar-refractivity contribution in [2.45, 2.75) is 39.8 Å². The van der Waals surface area contributed by atoms with E-state index in [1.807, 2.05) is 11.3 Å². The Kier molecular flexibility index (Phi) is 4.56. The van der Waals surface area contributed by atoms with E-state index in [0.29, 0.717) is 0 Å². The van der Waals surface area contributed by atoms with Gasteiger partial charge in [-0.2, -0.15) is 0 Å². The highest BCUT2D eigenvalue weighted by Gasteiger charge is 2.20. The van der Waals surface area contributed by atoms with E-state index < -0.39 is 0 Å². The van der Waals surface area contributed by atoms with Gasteiger partial charge in [0.05, 0.1) is 5.69 Å². The average Bonchev–Trinajstić information content (AvgIpc) is 2.95. The first-order valence-electron chi connectivity index (χ1n) is 7.82. The molecule has 3 nitrogen and oxygen atoms in total. The highest BCUT2D eigenvalue weighted by molar-refractivity contribution is 7.15. The third-order valence-corrected chi connectivity index (χ3v) is 5.20. The summed E-state index contributed by atoms with van der Waals surface area (Å²) in [5.74, 6) is 0. The molecule has 4 heteroatoms. The van der Waals surface area contributed by atoms with Crippen molar-refractivity contribution in [3.05, 3.63) is 46.0 Å². The lowest BCUT2D eigenvalue weighted by Gasteiger charge is -2.28. The number of hydrogen-bond donors (Lipinski definition) is 1. The Bertz CT molecular complexity index is 606. The van der Waals surface area contributed by atoms with E-state index in [0.717, 1.165) is 39.0 Å². The molecule has 0 atom stereocenters. The van der Waals surface area contributed by atoms with Crippen LogP contribution in [-0.4, -0.2) is 18.1 Å². The van der Waals surface area contributed by atoms with Crippen LogP contribution < -0.4 is 10.2 Å². The molecule has 1 aliphatic heterocycles. The fourth-order valence-corrected chi connectivity index (χ4v) is 3.96. The van der Waals surface area contributed by atoms with Gasteiger partial charge < -0.3 is 10.2 Å². The molecular formula is C17H23N3S. The van der Waals surface area contributed by atoms with Crippen LogP contribution in [0, 0.1) is 0 Å². The lowest BCUT2D eigenvalue weighted by molar-refractivity contribution is 0.721. The maximum absolute atomic E-state index is 4.88. The van der Waals surface area contributed by atoms with E-state index >= 15 is 0 Å². The number of hydrogen-bond acceptors (Lipinski definition) is 4. The summed E-state index contributed by atoms with van der Waals surface area (Å²) in [5, 5.41) is 4.61. The summed E-state index contributed by atoms with van der Waals surface area (Å²) in [4.78, 5) is 8.71. The molecule has 0 saturated carbocycles. The van der Waals surface area contributed by atoms with Gasteiger partial charge in [0.25, 0.3) is 0 Å². The normalized spacial score (nSPS) is 14.3. The zero-order valence-electron chi connectivity index (χ0n) is 12.9. The van der Waals surface area contributed by atoms with Gasteiger partial charge in [-0.3, -0.25) is 0 Å². The molecular weight excluding hydrogens is 278 g/mol. The minimum atomic E-state index is 0.946. The number of anilines is 1. The van der Waals surface area contributed by atoms with Gasteiger partial charge >= 0.3 is 0 Å². The van der Waals surface area contributed by atoms with Crippen molar-refractivity contribution >= 4 is 16.5 Å². The third-order valence-electron chi connectivity index (χ3n) is 4.04. The van der Waals surface area contributed by atoms with Gasteiger partial charge in [-0.05, 0) is 30.5 Å². The molecule has 1 aliphatic rings. The quantitative estimate of drug-likeness (QED) is 0.917. The Morgan fingerprint density at radius 2 is 2.05 bits per heavy atom. The van der Waals surface area contributed by atoms with E-state index in [2.05, 4.69) is 48.3 Å². The maximum atomic E-state index is 4.88. The molecule has 0 spiro atoms. The Morgan fingerprint density at radius 3 is 2.81 bits per heavy atom. The van der Waals surface area contributed by atoms with Crippen molar-refractivity contribution in [2.75, 3.05) is 18.0 Å². The van der Waals surface area contributed by atoms with E-state index in [-0.39, 0.29) is 0 Å². The molecule has 2 aromatic rings. The number of benzene rings is 1. The van der Waals surface area contributed by atoms with Gasteiger partial charge in [-0.1, -0.05) is 38.1 Å². The molecule has 0 bridgehead atoms. The van der Waals surface area contributed by atoms with Crippen LogP contribution in [0.4, 0.5) is 5.13 Å². The Labute approximate surface area is 131 Å². The van der Waals surface area contributed by atoms with Crippen molar-refractivity contribution in [1.82, 2.24) is 10.3 Å². The van der Waals surface area contributed by atoms with E-state index in [1.54, 1.807) is 0 Å². The predicted octanol–water partition coefficient (Wildman–Crippen LogP) is 3.38. The Balaban J connectivity index is 1.80. The van der Waals surface area contributed by atoms with Crippen LogP contribution in [-0.2, 0) is 25.9 Å². The van der Waals surface area contributed by atoms with E-state index in [9.17, 15) is 0 Å². The summed E-state index contributed by atoms with van der Waals surface area (Å²) in [5.41, 5.74) is 4.20. The monoisotopic (exact) mass is 301 g/mol. The van der Waals surface area contributed by atoms with Crippen LogP contribution in [0.15, 0.2) is 24.3 Å². The summed E-state index contributed by atoms with van der Waals surface area (Å²) >= 11 is 1.86. The third kappa shape index (κ3) is 3.11. The van der Waals surface area contributed by atoms with Crippen LogP contribution in [0.2, 0.25) is 0 Å². The van der Waals surface area contributed by atoms with Crippen molar-refractivity contribution in [3.63, 3.8) is 0 Å². The molecule has 112 valence electrons. The van der Waals surface area contributed by atoms with Crippen LogP contribution >= 0.6 is 11.3 Å². The van der Waals surface area contributed by atoms with Crippen LogP contribution in [0.3, 0.4) is 0 Å². The zero-order chi connectivity index (χ0) is 14.7. The summed E-state index contributed by atoms with van der Waals surface area (Å²) in [6, 6.07) is 8.78. The number of thiazole rings is 1. The van der Waals surface area contributed by atoms with Crippen molar-refractivity contribution in [2.24, 2.45) is 0 Å². The van der Waals surface area contributed by atoms with E-state index in [1.165, 1.54) is 26.8 Å². The molecule has 1 aromatic carbocycles. The second kappa shape index (κ2) is 6.58. The van der Waals surface area contributed by atoms with Crippen molar-refractivity contribution in [3.8, 4) is 0 Å².